The van der Waals surface area contributed by atoms with Crippen molar-refractivity contribution in [2.24, 2.45) is 5.92 Å². The van der Waals surface area contributed by atoms with E-state index in [2.05, 4.69) is 4.74 Å². The summed E-state index contributed by atoms with van der Waals surface area (Å²) in [6.45, 7) is 0. The lowest BCUT2D eigenvalue weighted by Gasteiger charge is -2.50. The van der Waals surface area contributed by atoms with Crippen LogP contribution in [-0.2, 0) is 19.6 Å². The summed E-state index contributed by atoms with van der Waals surface area (Å²) in [5.74, 6) is -10.3. The van der Waals surface area contributed by atoms with Gasteiger partial charge in [-0.2, -0.15) is 26.3 Å². The third-order valence-electron chi connectivity index (χ3n) is 7.58. The molecule has 2 bridgehead atoms. The fourth-order valence-corrected chi connectivity index (χ4v) is 6.95. The number of carbonyl (C=O) groups is 1. The van der Waals surface area contributed by atoms with Gasteiger partial charge in [-0.25, -0.2) is 8.42 Å². The Morgan fingerprint density at radius 2 is 1.15 bits per heavy atom. The van der Waals surface area contributed by atoms with Gasteiger partial charge in [-0.05, 0) is 33.9 Å². The van der Waals surface area contributed by atoms with Crippen LogP contribution >= 0.6 is 0 Å². The van der Waals surface area contributed by atoms with E-state index >= 15 is 0 Å². The van der Waals surface area contributed by atoms with Gasteiger partial charge in [0.15, 0.2) is 0 Å². The number of phenols is 1. The Bertz CT molecular complexity index is 1520. The van der Waals surface area contributed by atoms with E-state index in [1.807, 2.05) is 0 Å². The molecular weight excluding hydrogens is 566 g/mol. The van der Waals surface area contributed by atoms with E-state index < -0.39 is 63.5 Å². The molecule has 0 saturated carbocycles. The maximum absolute atomic E-state index is 14.0. The summed E-state index contributed by atoms with van der Waals surface area (Å²) in [6.07, 6.45) is -13.0. The van der Waals surface area contributed by atoms with Crippen LogP contribution in [0.3, 0.4) is 0 Å². The number of benzene rings is 3. The van der Waals surface area contributed by atoms with Crippen LogP contribution < -0.4 is 0 Å². The highest BCUT2D eigenvalue weighted by molar-refractivity contribution is 7.85. The monoisotopic (exact) mass is 585 g/mol. The summed E-state index contributed by atoms with van der Waals surface area (Å²) in [7, 11) is -6.21. The fraction of sp³-hybridized carbons (Fsp3) is 0.296. The lowest BCUT2D eigenvalue weighted by atomic mass is 9.52. The second-order valence-electron chi connectivity index (χ2n) is 9.77. The number of rotatable bonds is 5. The number of ether oxygens (including phenoxy) is 1. The predicted molar refractivity (Wildman–Crippen MR) is 126 cm³/mol. The molecule has 6 rings (SSSR count). The second kappa shape index (κ2) is 9.23. The molecule has 3 aliphatic carbocycles. The van der Waals surface area contributed by atoms with E-state index in [1.165, 1.54) is 24.3 Å². The summed E-state index contributed by atoms with van der Waals surface area (Å²) in [5.41, 5.74) is -3.31. The number of hydrogen-bond acceptors (Lipinski definition) is 6. The molecule has 3 aromatic carbocycles. The third kappa shape index (κ3) is 4.31. The van der Waals surface area contributed by atoms with Gasteiger partial charge in [-0.15, -0.1) is 0 Å². The van der Waals surface area contributed by atoms with Crippen LogP contribution in [0.4, 0.5) is 26.3 Å². The van der Waals surface area contributed by atoms with E-state index in [0.29, 0.717) is 22.3 Å². The normalized spacial score (nSPS) is 22.4. The Morgan fingerprint density at radius 3 is 1.55 bits per heavy atom. The molecule has 3 aliphatic rings. The Morgan fingerprint density at radius 1 is 0.750 bits per heavy atom. The third-order valence-corrected chi connectivity index (χ3v) is 8.34. The van der Waals surface area contributed by atoms with Crippen molar-refractivity contribution in [1.29, 1.82) is 0 Å². The van der Waals surface area contributed by atoms with E-state index in [-0.39, 0.29) is 11.3 Å². The number of alkyl halides is 6. The number of para-hydroxylation sites is 1. The molecule has 2 unspecified atom stereocenters. The lowest BCUT2D eigenvalue weighted by molar-refractivity contribution is -0.362. The summed E-state index contributed by atoms with van der Waals surface area (Å²) >= 11 is 0. The Balaban J connectivity index is 1.75. The molecule has 212 valence electrons. The van der Waals surface area contributed by atoms with Crippen LogP contribution in [0.5, 0.6) is 5.75 Å². The van der Waals surface area contributed by atoms with Crippen molar-refractivity contribution in [3.05, 3.63) is 101 Å². The number of carbonyl (C=O) groups excluding carboxylic acids is 1. The Kier molecular flexibility index (Phi) is 6.45. The van der Waals surface area contributed by atoms with Crippen LogP contribution in [-0.4, -0.2) is 47.8 Å². The first-order valence-corrected chi connectivity index (χ1v) is 13.4. The highest BCUT2D eigenvalue weighted by Crippen LogP contribution is 2.63. The molecule has 2 atom stereocenters. The van der Waals surface area contributed by atoms with Gasteiger partial charge in [-0.3, -0.25) is 4.79 Å². The van der Waals surface area contributed by atoms with Crippen molar-refractivity contribution in [2.75, 3.05) is 5.75 Å². The molecule has 0 spiro atoms. The largest absolute Gasteiger partial charge is 0.748 e. The first-order valence-electron chi connectivity index (χ1n) is 11.8. The standard InChI is InChI=1S/C27H20F6O6S/c28-26(29,30)25(27(31,32)33,13-40(36,37)38)39-24(35)23-21-16-9-3-1-7-14(16)20(15-8-2-4-10-17(15)21)22(23)18-11-5-6-12-19(18)34/h1-12,20-23,34H,13H2,(H,36,37,38)/p-1. The molecule has 0 aromatic heterocycles. The minimum Gasteiger partial charge on any atom is -0.748 e. The minimum absolute atomic E-state index is 0.0736. The van der Waals surface area contributed by atoms with Gasteiger partial charge < -0.3 is 14.4 Å². The maximum atomic E-state index is 14.0. The summed E-state index contributed by atoms with van der Waals surface area (Å²) in [5, 5.41) is 10.7. The zero-order valence-electron chi connectivity index (χ0n) is 20.1. The van der Waals surface area contributed by atoms with E-state index in [4.69, 9.17) is 0 Å². The first-order chi connectivity index (χ1) is 18.6. The van der Waals surface area contributed by atoms with Gasteiger partial charge >= 0.3 is 23.9 Å². The molecule has 3 aromatic rings. The number of phenolic OH excluding ortho intramolecular Hbond substituents is 1. The molecular formula is C27H19F6O6S-. The highest BCUT2D eigenvalue weighted by Gasteiger charge is 2.75. The smallest absolute Gasteiger partial charge is 0.438 e. The maximum Gasteiger partial charge on any atom is 0.438 e. The van der Waals surface area contributed by atoms with Gasteiger partial charge in [0, 0.05) is 17.8 Å². The zero-order valence-corrected chi connectivity index (χ0v) is 20.9. The predicted octanol–water partition coefficient (Wildman–Crippen LogP) is 5.33. The number of halogens is 6. The molecule has 1 N–H and O–H groups in total. The minimum atomic E-state index is -6.51. The zero-order chi connectivity index (χ0) is 29.3. The van der Waals surface area contributed by atoms with Crippen molar-refractivity contribution in [3.8, 4) is 5.75 Å². The highest BCUT2D eigenvalue weighted by atomic mass is 32.2. The average molecular weight is 585 g/mol. The SMILES string of the molecule is O=C(OC(CS(=O)(=O)[O-])(C(F)(F)F)C(F)(F)F)C1C2c3ccccc3C(c3ccccc32)C1c1ccccc1O. The molecule has 0 heterocycles. The van der Waals surface area contributed by atoms with Crippen molar-refractivity contribution in [1.82, 2.24) is 0 Å². The van der Waals surface area contributed by atoms with Gasteiger partial charge in [0.05, 0.1) is 21.8 Å². The van der Waals surface area contributed by atoms with Crippen molar-refractivity contribution >= 4 is 16.1 Å². The average Bonchev–Trinajstić information content (AvgIpc) is 2.86. The van der Waals surface area contributed by atoms with Gasteiger partial charge in [0.1, 0.15) is 5.75 Å². The summed E-state index contributed by atoms with van der Waals surface area (Å²) < 4.78 is 122. The first kappa shape index (κ1) is 28.0. The molecule has 0 radical (unpaired) electrons. The molecule has 13 heteroatoms. The Hall–Kier alpha value is -3.58. The van der Waals surface area contributed by atoms with Crippen LogP contribution in [0, 0.1) is 5.92 Å². The number of fused-ring (bicyclic) bond motifs is 1. The van der Waals surface area contributed by atoms with Gasteiger partial charge in [0.2, 0.25) is 0 Å². The van der Waals surface area contributed by atoms with Gasteiger partial charge in [-0.1, -0.05) is 66.7 Å². The van der Waals surface area contributed by atoms with Crippen molar-refractivity contribution in [2.45, 2.75) is 35.7 Å². The van der Waals surface area contributed by atoms with E-state index in [1.54, 1.807) is 48.5 Å². The number of esters is 1. The topological polar surface area (TPSA) is 104 Å². The molecule has 0 fully saturated rings. The molecule has 6 nitrogen and oxygen atoms in total. The molecule has 0 saturated heterocycles. The van der Waals surface area contributed by atoms with Crippen molar-refractivity contribution < 1.29 is 54.0 Å². The Labute approximate surface area is 224 Å². The van der Waals surface area contributed by atoms with Crippen LogP contribution in [0.15, 0.2) is 72.8 Å². The summed E-state index contributed by atoms with van der Waals surface area (Å²) in [4.78, 5) is 13.7. The molecule has 0 amide bonds. The van der Waals surface area contributed by atoms with Crippen LogP contribution in [0.25, 0.3) is 0 Å². The van der Waals surface area contributed by atoms with Crippen LogP contribution in [0.2, 0.25) is 0 Å². The van der Waals surface area contributed by atoms with Crippen LogP contribution in [0.1, 0.15) is 45.6 Å². The quantitative estimate of drug-likeness (QED) is 0.247. The molecule has 40 heavy (non-hydrogen) atoms. The summed E-state index contributed by atoms with van der Waals surface area (Å²) in [6, 6.07) is 18.8. The number of hydrogen-bond donors (Lipinski definition) is 1. The molecule has 0 aliphatic heterocycles. The van der Waals surface area contributed by atoms with Crippen molar-refractivity contribution in [3.63, 3.8) is 0 Å². The fourth-order valence-electron chi connectivity index (χ4n) is 6.06. The van der Waals surface area contributed by atoms with Gasteiger partial charge in [0.25, 0.3) is 0 Å². The van der Waals surface area contributed by atoms with E-state index in [0.717, 1.165) is 0 Å². The number of aromatic hydroxyl groups is 1. The second-order valence-corrected chi connectivity index (χ2v) is 11.2. The van der Waals surface area contributed by atoms with E-state index in [9.17, 15) is 49.2 Å². The lowest BCUT2D eigenvalue weighted by Crippen LogP contribution is -2.64.